The van der Waals surface area contributed by atoms with E-state index in [1.54, 1.807) is 0 Å². The molecule has 2 aromatic carbocycles. The van der Waals surface area contributed by atoms with E-state index in [9.17, 15) is 0 Å². The average Bonchev–Trinajstić information content (AvgIpc) is 2.60. The zero-order valence-electron chi connectivity index (χ0n) is 13.9. The first-order chi connectivity index (χ1) is 11.7. The lowest BCUT2D eigenvalue weighted by Gasteiger charge is -2.23. The molecule has 2 aromatic rings. The molecule has 5 heteroatoms. The highest BCUT2D eigenvalue weighted by Crippen LogP contribution is 2.26. The van der Waals surface area contributed by atoms with Crippen LogP contribution >= 0.6 is 0 Å². The van der Waals surface area contributed by atoms with Gasteiger partial charge in [0.2, 0.25) is 0 Å². The van der Waals surface area contributed by atoms with Gasteiger partial charge in [-0.15, -0.1) is 0 Å². The van der Waals surface area contributed by atoms with Gasteiger partial charge in [-0.1, -0.05) is 36.4 Å². The molecule has 1 aliphatic rings. The van der Waals surface area contributed by atoms with Crippen molar-refractivity contribution in [1.82, 2.24) is 10.6 Å². The molecule has 1 aliphatic heterocycles. The second-order valence-electron chi connectivity index (χ2n) is 5.71. The maximum Gasteiger partial charge on any atom is 0.195 e. The Balaban J connectivity index is 1.73. The van der Waals surface area contributed by atoms with Gasteiger partial charge in [-0.2, -0.15) is 4.99 Å². The van der Waals surface area contributed by atoms with Crippen LogP contribution < -0.4 is 21.1 Å². The highest BCUT2D eigenvalue weighted by Gasteiger charge is 2.17. The molecule has 124 valence electrons. The smallest absolute Gasteiger partial charge is 0.195 e. The summed E-state index contributed by atoms with van der Waals surface area (Å²) in [6, 6.07) is 16.2. The third-order valence-electron chi connectivity index (χ3n) is 3.95. The van der Waals surface area contributed by atoms with Gasteiger partial charge < -0.3 is 21.1 Å². The van der Waals surface area contributed by atoms with Crippen molar-refractivity contribution in [2.75, 3.05) is 7.05 Å². The zero-order chi connectivity index (χ0) is 16.9. The van der Waals surface area contributed by atoms with Crippen molar-refractivity contribution in [3.05, 3.63) is 77.1 Å². The number of nitrogens with one attached hydrogen (secondary N) is 2. The van der Waals surface area contributed by atoms with Crippen LogP contribution in [0.1, 0.15) is 22.7 Å². The first-order valence-electron chi connectivity index (χ1n) is 7.93. The van der Waals surface area contributed by atoms with Crippen molar-refractivity contribution in [1.29, 1.82) is 0 Å². The van der Waals surface area contributed by atoms with Crippen LogP contribution in [0.2, 0.25) is 0 Å². The van der Waals surface area contributed by atoms with Gasteiger partial charge in [0.25, 0.3) is 0 Å². The van der Waals surface area contributed by atoms with E-state index in [0.29, 0.717) is 12.6 Å². The lowest BCUT2D eigenvalue weighted by molar-refractivity contribution is 0.306. The van der Waals surface area contributed by atoms with E-state index in [-0.39, 0.29) is 6.04 Å². The van der Waals surface area contributed by atoms with Crippen LogP contribution in [-0.2, 0) is 6.61 Å². The summed E-state index contributed by atoms with van der Waals surface area (Å²) in [6.07, 6.45) is 2.02. The third-order valence-corrected chi connectivity index (χ3v) is 3.95. The molecule has 0 aromatic heterocycles. The van der Waals surface area contributed by atoms with Gasteiger partial charge in [0, 0.05) is 7.05 Å². The summed E-state index contributed by atoms with van der Waals surface area (Å²) in [6.45, 7) is 2.63. The number of aryl methyl sites for hydroxylation is 1. The van der Waals surface area contributed by atoms with Crippen molar-refractivity contribution >= 4 is 5.96 Å². The maximum absolute atomic E-state index is 5.88. The summed E-state index contributed by atoms with van der Waals surface area (Å²) >= 11 is 0. The standard InChI is InChI=1S/C19H22N4O/c1-13-10-15(24-12-14-6-4-3-5-7-14)8-9-16(13)17-11-18(21-2)23-19(20)22-17/h3-11,17,21H,12H2,1-2H3,(H3,20,22,23). The van der Waals surface area contributed by atoms with E-state index >= 15 is 0 Å². The Labute approximate surface area is 142 Å². The summed E-state index contributed by atoms with van der Waals surface area (Å²) < 4.78 is 5.88. The van der Waals surface area contributed by atoms with Crippen LogP contribution in [0, 0.1) is 6.92 Å². The van der Waals surface area contributed by atoms with E-state index in [2.05, 4.69) is 46.8 Å². The number of nitrogens with zero attached hydrogens (tertiary/aromatic N) is 1. The van der Waals surface area contributed by atoms with Gasteiger partial charge >= 0.3 is 0 Å². The first-order valence-corrected chi connectivity index (χ1v) is 7.93. The van der Waals surface area contributed by atoms with Crippen molar-refractivity contribution in [3.63, 3.8) is 0 Å². The molecule has 1 atom stereocenters. The summed E-state index contributed by atoms with van der Waals surface area (Å²) in [4.78, 5) is 4.20. The van der Waals surface area contributed by atoms with Crippen LogP contribution in [0.15, 0.2) is 65.4 Å². The Kier molecular flexibility index (Phi) is 4.70. The normalized spacial score (nSPS) is 16.7. The van der Waals surface area contributed by atoms with E-state index in [1.165, 1.54) is 0 Å². The highest BCUT2D eigenvalue weighted by molar-refractivity contribution is 5.80. The quantitative estimate of drug-likeness (QED) is 0.791. The van der Waals surface area contributed by atoms with E-state index in [4.69, 9.17) is 10.5 Å². The summed E-state index contributed by atoms with van der Waals surface area (Å²) in [5.41, 5.74) is 9.29. The zero-order valence-corrected chi connectivity index (χ0v) is 13.9. The molecule has 0 radical (unpaired) electrons. The van der Waals surface area contributed by atoms with Gasteiger partial charge in [0.15, 0.2) is 5.96 Å². The maximum atomic E-state index is 5.88. The fraction of sp³-hybridized carbons (Fsp3) is 0.211. The van der Waals surface area contributed by atoms with Crippen molar-refractivity contribution in [3.8, 4) is 5.75 Å². The Hall–Kier alpha value is -2.95. The second kappa shape index (κ2) is 7.08. The Morgan fingerprint density at radius 1 is 1.21 bits per heavy atom. The molecule has 1 unspecified atom stereocenters. The second-order valence-corrected chi connectivity index (χ2v) is 5.71. The topological polar surface area (TPSA) is 71.7 Å². The average molecular weight is 322 g/mol. The van der Waals surface area contributed by atoms with Crippen molar-refractivity contribution in [2.24, 2.45) is 10.7 Å². The number of nitrogens with two attached hydrogens (primary N) is 1. The SMILES string of the molecule is CNC1=CC(c2ccc(OCc3ccccc3)cc2C)NC(N)=N1. The number of hydrogen-bond donors (Lipinski definition) is 3. The van der Waals surface area contributed by atoms with Crippen LogP contribution in [0.3, 0.4) is 0 Å². The monoisotopic (exact) mass is 322 g/mol. The molecule has 0 aliphatic carbocycles. The molecular weight excluding hydrogens is 300 g/mol. The Bertz CT molecular complexity index is 768. The Morgan fingerprint density at radius 3 is 2.71 bits per heavy atom. The molecule has 1 heterocycles. The van der Waals surface area contributed by atoms with Gasteiger partial charge in [0.1, 0.15) is 18.2 Å². The molecule has 0 fully saturated rings. The van der Waals surface area contributed by atoms with Crippen LogP contribution in [0.5, 0.6) is 5.75 Å². The summed E-state index contributed by atoms with van der Waals surface area (Å²) in [5.74, 6) is 2.03. The number of guanidine groups is 1. The van der Waals surface area contributed by atoms with Gasteiger partial charge in [0.05, 0.1) is 6.04 Å². The minimum absolute atomic E-state index is 0.00637. The lowest BCUT2D eigenvalue weighted by atomic mass is 10.00. The predicted molar refractivity (Wildman–Crippen MR) is 96.6 cm³/mol. The van der Waals surface area contributed by atoms with E-state index < -0.39 is 0 Å². The number of benzene rings is 2. The number of ether oxygens (including phenoxy) is 1. The van der Waals surface area contributed by atoms with Crippen LogP contribution in [0.25, 0.3) is 0 Å². The molecule has 0 spiro atoms. The lowest BCUT2D eigenvalue weighted by Crippen LogP contribution is -2.38. The molecule has 3 rings (SSSR count). The summed E-state index contributed by atoms with van der Waals surface area (Å²) in [5, 5.41) is 6.22. The highest BCUT2D eigenvalue weighted by atomic mass is 16.5. The molecule has 5 nitrogen and oxygen atoms in total. The minimum atomic E-state index is -0.00637. The predicted octanol–water partition coefficient (Wildman–Crippen LogP) is 2.59. The fourth-order valence-electron chi connectivity index (χ4n) is 2.69. The number of hydrogen-bond acceptors (Lipinski definition) is 5. The van der Waals surface area contributed by atoms with Crippen LogP contribution in [0.4, 0.5) is 0 Å². The summed E-state index contributed by atoms with van der Waals surface area (Å²) in [7, 11) is 1.83. The molecule has 0 saturated heterocycles. The largest absolute Gasteiger partial charge is 0.489 e. The van der Waals surface area contributed by atoms with Gasteiger partial charge in [-0.05, 0) is 41.8 Å². The van der Waals surface area contributed by atoms with Crippen molar-refractivity contribution in [2.45, 2.75) is 19.6 Å². The van der Waals surface area contributed by atoms with Gasteiger partial charge in [-0.3, -0.25) is 0 Å². The van der Waals surface area contributed by atoms with Crippen molar-refractivity contribution < 1.29 is 4.74 Å². The fourth-order valence-corrected chi connectivity index (χ4v) is 2.69. The Morgan fingerprint density at radius 2 is 2.00 bits per heavy atom. The molecule has 24 heavy (non-hydrogen) atoms. The van der Waals surface area contributed by atoms with E-state index in [1.807, 2.05) is 37.4 Å². The number of aliphatic imine (C=N–C) groups is 1. The molecule has 4 N–H and O–H groups in total. The molecule has 0 bridgehead atoms. The third kappa shape index (κ3) is 3.68. The van der Waals surface area contributed by atoms with Crippen LogP contribution in [-0.4, -0.2) is 13.0 Å². The van der Waals surface area contributed by atoms with E-state index in [0.717, 1.165) is 28.3 Å². The minimum Gasteiger partial charge on any atom is -0.489 e. The first kappa shape index (κ1) is 15.9. The number of rotatable bonds is 5. The molecule has 0 saturated carbocycles. The molecule has 0 amide bonds. The van der Waals surface area contributed by atoms with Gasteiger partial charge in [-0.25, -0.2) is 0 Å². The molecular formula is C19H22N4O.